The molecule has 1 aliphatic rings. The van der Waals surface area contributed by atoms with E-state index in [0.717, 1.165) is 12.7 Å². The van der Waals surface area contributed by atoms with Gasteiger partial charge in [-0.1, -0.05) is 44.1 Å². The fourth-order valence-electron chi connectivity index (χ4n) is 2.60. The van der Waals surface area contributed by atoms with Crippen LogP contribution in [0.3, 0.4) is 0 Å². The lowest BCUT2D eigenvalue weighted by Gasteiger charge is -2.30. The van der Waals surface area contributed by atoms with Crippen molar-refractivity contribution in [2.75, 3.05) is 0 Å². The van der Waals surface area contributed by atoms with Gasteiger partial charge in [-0.15, -0.1) is 0 Å². The molecular weight excluding hydrogens is 208 g/mol. The van der Waals surface area contributed by atoms with E-state index in [1.165, 1.54) is 29.6 Å². The van der Waals surface area contributed by atoms with Gasteiger partial charge in [-0.05, 0) is 39.0 Å². The number of hydrogen-bond donors (Lipinski definition) is 0. The highest BCUT2D eigenvalue weighted by molar-refractivity contribution is 5.60. The molecule has 2 atom stereocenters. The van der Waals surface area contributed by atoms with Crippen molar-refractivity contribution in [2.45, 2.75) is 53.9 Å². The van der Waals surface area contributed by atoms with Crippen LogP contribution in [-0.4, -0.2) is 6.29 Å². The standard InChI is InChI=1S/C16H26O/c1-11(2)14-8-7-13(5)15(14)9-16(6,10-17)12(3)4/h10,12,14H,1,7-9H2,2-6H3. The van der Waals surface area contributed by atoms with Gasteiger partial charge in [0.1, 0.15) is 6.29 Å². The van der Waals surface area contributed by atoms with E-state index in [0.29, 0.717) is 11.8 Å². The summed E-state index contributed by atoms with van der Waals surface area (Å²) in [6.45, 7) is 14.8. The Kier molecular flexibility index (Phi) is 4.35. The minimum atomic E-state index is -0.228. The largest absolute Gasteiger partial charge is 0.303 e. The molecule has 1 aliphatic carbocycles. The maximum atomic E-state index is 11.4. The van der Waals surface area contributed by atoms with Crippen molar-refractivity contribution in [2.24, 2.45) is 17.3 Å². The van der Waals surface area contributed by atoms with Gasteiger partial charge in [-0.25, -0.2) is 0 Å². The van der Waals surface area contributed by atoms with E-state index in [1.807, 2.05) is 0 Å². The third-order valence-corrected chi connectivity index (χ3v) is 4.53. The van der Waals surface area contributed by atoms with E-state index in [9.17, 15) is 4.79 Å². The second kappa shape index (κ2) is 5.20. The second-order valence-electron chi connectivity index (χ2n) is 6.20. The molecule has 96 valence electrons. The Morgan fingerprint density at radius 1 is 1.59 bits per heavy atom. The average Bonchev–Trinajstić information content (AvgIpc) is 2.60. The zero-order valence-corrected chi connectivity index (χ0v) is 12.0. The van der Waals surface area contributed by atoms with Gasteiger partial charge in [0.15, 0.2) is 0 Å². The van der Waals surface area contributed by atoms with Crippen LogP contribution in [0.1, 0.15) is 53.9 Å². The number of aldehydes is 1. The Morgan fingerprint density at radius 3 is 2.59 bits per heavy atom. The van der Waals surface area contributed by atoms with Crippen LogP contribution >= 0.6 is 0 Å². The van der Waals surface area contributed by atoms with E-state index in [2.05, 4.69) is 41.2 Å². The molecule has 0 amide bonds. The first kappa shape index (κ1) is 14.2. The van der Waals surface area contributed by atoms with Crippen molar-refractivity contribution >= 4 is 6.29 Å². The molecule has 0 bridgehead atoms. The summed E-state index contributed by atoms with van der Waals surface area (Å²) in [5, 5.41) is 0. The lowest BCUT2D eigenvalue weighted by atomic mass is 9.73. The molecule has 1 nitrogen and oxygen atoms in total. The van der Waals surface area contributed by atoms with Gasteiger partial charge >= 0.3 is 0 Å². The van der Waals surface area contributed by atoms with Crippen LogP contribution in [0.4, 0.5) is 0 Å². The maximum Gasteiger partial charge on any atom is 0.126 e. The Hall–Kier alpha value is -0.850. The van der Waals surface area contributed by atoms with Crippen LogP contribution in [0.15, 0.2) is 23.3 Å². The Bertz CT molecular complexity index is 349. The zero-order chi connectivity index (χ0) is 13.2. The molecule has 0 aliphatic heterocycles. The molecular formula is C16H26O. The number of carbonyl (C=O) groups excluding carboxylic acids is 1. The lowest BCUT2D eigenvalue weighted by Crippen LogP contribution is -2.27. The van der Waals surface area contributed by atoms with Crippen molar-refractivity contribution in [3.63, 3.8) is 0 Å². The molecule has 1 heteroatoms. The maximum absolute atomic E-state index is 11.4. The van der Waals surface area contributed by atoms with E-state index < -0.39 is 0 Å². The van der Waals surface area contributed by atoms with Gasteiger partial charge in [0.2, 0.25) is 0 Å². The molecule has 0 N–H and O–H groups in total. The topological polar surface area (TPSA) is 17.1 Å². The van der Waals surface area contributed by atoms with E-state index in [4.69, 9.17) is 0 Å². The SMILES string of the molecule is C=C(C)C1CCC(C)=C1CC(C)(C=O)C(C)C. The molecule has 0 fully saturated rings. The van der Waals surface area contributed by atoms with Crippen molar-refractivity contribution < 1.29 is 4.79 Å². The summed E-state index contributed by atoms with van der Waals surface area (Å²) >= 11 is 0. The molecule has 1 rings (SSSR count). The van der Waals surface area contributed by atoms with Crippen molar-refractivity contribution in [3.05, 3.63) is 23.3 Å². The molecule has 0 heterocycles. The highest BCUT2D eigenvalue weighted by Crippen LogP contribution is 2.43. The lowest BCUT2D eigenvalue weighted by molar-refractivity contribution is -0.117. The van der Waals surface area contributed by atoms with Crippen molar-refractivity contribution in [1.29, 1.82) is 0 Å². The van der Waals surface area contributed by atoms with E-state index in [1.54, 1.807) is 0 Å². The molecule has 17 heavy (non-hydrogen) atoms. The average molecular weight is 234 g/mol. The number of carbonyl (C=O) groups is 1. The predicted molar refractivity (Wildman–Crippen MR) is 73.9 cm³/mol. The minimum Gasteiger partial charge on any atom is -0.303 e. The summed E-state index contributed by atoms with van der Waals surface area (Å²) in [4.78, 5) is 11.4. The normalized spacial score (nSPS) is 24.0. The highest BCUT2D eigenvalue weighted by atomic mass is 16.1. The Balaban J connectivity index is 2.96. The minimum absolute atomic E-state index is 0.228. The molecule has 0 radical (unpaired) electrons. The van der Waals surface area contributed by atoms with Gasteiger partial charge < -0.3 is 4.79 Å². The first-order valence-electron chi connectivity index (χ1n) is 6.62. The van der Waals surface area contributed by atoms with Crippen molar-refractivity contribution in [3.8, 4) is 0 Å². The van der Waals surface area contributed by atoms with Crippen LogP contribution in [0.25, 0.3) is 0 Å². The van der Waals surface area contributed by atoms with Gasteiger partial charge in [0, 0.05) is 11.3 Å². The van der Waals surface area contributed by atoms with Gasteiger partial charge in [0.05, 0.1) is 0 Å². The second-order valence-corrected chi connectivity index (χ2v) is 6.20. The monoisotopic (exact) mass is 234 g/mol. The molecule has 0 aromatic heterocycles. The molecule has 0 aromatic carbocycles. The number of rotatable bonds is 5. The summed E-state index contributed by atoms with van der Waals surface area (Å²) in [5.74, 6) is 0.889. The van der Waals surface area contributed by atoms with Gasteiger partial charge in [-0.3, -0.25) is 0 Å². The fourth-order valence-corrected chi connectivity index (χ4v) is 2.60. The smallest absolute Gasteiger partial charge is 0.126 e. The Labute approximate surface area is 106 Å². The number of allylic oxidation sites excluding steroid dienone is 3. The van der Waals surface area contributed by atoms with Crippen LogP contribution < -0.4 is 0 Å². The quantitative estimate of drug-likeness (QED) is 0.504. The summed E-state index contributed by atoms with van der Waals surface area (Å²) in [5.41, 5.74) is 3.97. The molecule has 0 spiro atoms. The first-order valence-corrected chi connectivity index (χ1v) is 6.62. The summed E-state index contributed by atoms with van der Waals surface area (Å²) in [7, 11) is 0. The van der Waals surface area contributed by atoms with E-state index in [-0.39, 0.29) is 5.41 Å². The first-order chi connectivity index (χ1) is 7.81. The van der Waals surface area contributed by atoms with Crippen LogP contribution in [0.5, 0.6) is 0 Å². The zero-order valence-electron chi connectivity index (χ0n) is 12.0. The summed E-state index contributed by atoms with van der Waals surface area (Å²) < 4.78 is 0. The van der Waals surface area contributed by atoms with E-state index >= 15 is 0 Å². The molecule has 0 aromatic rings. The summed E-state index contributed by atoms with van der Waals surface area (Å²) in [6.07, 6.45) is 4.40. The van der Waals surface area contributed by atoms with Crippen LogP contribution in [0, 0.1) is 17.3 Å². The fraction of sp³-hybridized carbons (Fsp3) is 0.688. The number of hydrogen-bond acceptors (Lipinski definition) is 1. The van der Waals surface area contributed by atoms with Gasteiger partial charge in [0.25, 0.3) is 0 Å². The highest BCUT2D eigenvalue weighted by Gasteiger charge is 2.34. The van der Waals surface area contributed by atoms with Crippen LogP contribution in [0.2, 0.25) is 0 Å². The van der Waals surface area contributed by atoms with Gasteiger partial charge in [-0.2, -0.15) is 0 Å². The van der Waals surface area contributed by atoms with Crippen molar-refractivity contribution in [1.82, 2.24) is 0 Å². The van der Waals surface area contributed by atoms with Crippen LogP contribution in [-0.2, 0) is 4.79 Å². The third kappa shape index (κ3) is 2.88. The Morgan fingerprint density at radius 2 is 2.18 bits per heavy atom. The molecule has 2 unspecified atom stereocenters. The molecule has 0 saturated heterocycles. The third-order valence-electron chi connectivity index (χ3n) is 4.53. The molecule has 0 saturated carbocycles. The summed E-state index contributed by atoms with van der Waals surface area (Å²) in [6, 6.07) is 0. The predicted octanol–water partition coefficient (Wildman–Crippen LogP) is 4.54.